The van der Waals surface area contributed by atoms with Gasteiger partial charge in [0.25, 0.3) is 0 Å². The normalized spacial score (nSPS) is 11.1. The van der Waals surface area contributed by atoms with Crippen LogP contribution in [0, 0.1) is 11.3 Å². The van der Waals surface area contributed by atoms with Gasteiger partial charge in [-0.3, -0.25) is 4.79 Å². The van der Waals surface area contributed by atoms with Gasteiger partial charge in [-0.2, -0.15) is 5.26 Å². The van der Waals surface area contributed by atoms with E-state index >= 15 is 0 Å². The first kappa shape index (κ1) is 26.5. The second-order valence-corrected chi connectivity index (χ2v) is 10.5. The first-order valence-electron chi connectivity index (χ1n) is 12.4. The van der Waals surface area contributed by atoms with Gasteiger partial charge in [-0.15, -0.1) is 21.6 Å². The summed E-state index contributed by atoms with van der Waals surface area (Å²) in [6.45, 7) is 4.85. The average Bonchev–Trinajstić information content (AvgIpc) is 3.49. The zero-order valence-corrected chi connectivity index (χ0v) is 22.4. The van der Waals surface area contributed by atoms with Crippen LogP contribution in [0.4, 0.5) is 16.5 Å². The first-order valence-corrected chi connectivity index (χ1v) is 14.0. The van der Waals surface area contributed by atoms with E-state index in [0.29, 0.717) is 23.0 Å². The van der Waals surface area contributed by atoms with Crippen LogP contribution in [-0.2, 0) is 6.42 Å². The van der Waals surface area contributed by atoms with E-state index in [-0.39, 0.29) is 0 Å². The molecular weight excluding hydrogens is 502 g/mol. The molecule has 0 N–H and O–H groups in total. The number of aromatic nitrogens is 1. The van der Waals surface area contributed by atoms with E-state index in [1.165, 1.54) is 28.4 Å². The van der Waals surface area contributed by atoms with Crippen molar-refractivity contribution in [3.8, 4) is 11.8 Å². The van der Waals surface area contributed by atoms with Crippen molar-refractivity contribution in [3.63, 3.8) is 0 Å². The van der Waals surface area contributed by atoms with Crippen molar-refractivity contribution >= 4 is 55.0 Å². The highest BCUT2D eigenvalue weighted by Crippen LogP contribution is 2.34. The van der Waals surface area contributed by atoms with Gasteiger partial charge in [-0.1, -0.05) is 36.3 Å². The van der Waals surface area contributed by atoms with Gasteiger partial charge in [0.05, 0.1) is 34.4 Å². The van der Waals surface area contributed by atoms with Crippen molar-refractivity contribution in [3.05, 3.63) is 65.0 Å². The van der Waals surface area contributed by atoms with Gasteiger partial charge in [-0.25, -0.2) is 4.98 Å². The lowest BCUT2D eigenvalue weighted by molar-refractivity contribution is 0.112. The molecule has 0 aliphatic heterocycles. The van der Waals surface area contributed by atoms with Gasteiger partial charge in [0, 0.05) is 18.8 Å². The molecule has 2 aromatic carbocycles. The van der Waals surface area contributed by atoms with Gasteiger partial charge in [0.1, 0.15) is 10.6 Å². The van der Waals surface area contributed by atoms with Crippen LogP contribution in [0.2, 0.25) is 0 Å². The standard InChI is InChI=1S/C28H29N5O2S2/c1-2-33(17-5-3-4-6-18-35-24-13-7-21(8-14-24)15-16-29)23-11-9-22(10-12-23)31-32-28-30-27-26(37-28)19-25(20-34)36-27/h7-14,19-20H,2-6,15,17-18H2,1H3. The van der Waals surface area contributed by atoms with Crippen LogP contribution in [0.3, 0.4) is 0 Å². The molecule has 37 heavy (non-hydrogen) atoms. The Morgan fingerprint density at radius 3 is 2.51 bits per heavy atom. The quantitative estimate of drug-likeness (QED) is 0.0931. The van der Waals surface area contributed by atoms with Crippen molar-refractivity contribution in [2.45, 2.75) is 39.0 Å². The number of nitriles is 1. The molecule has 0 unspecified atom stereocenters. The largest absolute Gasteiger partial charge is 0.494 e. The second kappa shape index (κ2) is 13.6. The maximum atomic E-state index is 10.9. The summed E-state index contributed by atoms with van der Waals surface area (Å²) < 4.78 is 6.77. The Kier molecular flexibility index (Phi) is 9.74. The predicted molar refractivity (Wildman–Crippen MR) is 151 cm³/mol. The zero-order valence-electron chi connectivity index (χ0n) is 20.8. The minimum atomic E-state index is 0.433. The lowest BCUT2D eigenvalue weighted by Gasteiger charge is -2.23. The van der Waals surface area contributed by atoms with Gasteiger partial charge in [-0.05, 0) is 67.8 Å². The molecule has 0 amide bonds. The number of fused-ring (bicyclic) bond motifs is 1. The minimum Gasteiger partial charge on any atom is -0.494 e. The molecule has 0 spiro atoms. The number of hydrogen-bond donors (Lipinski definition) is 0. The van der Waals surface area contributed by atoms with Crippen LogP contribution in [0.5, 0.6) is 5.75 Å². The van der Waals surface area contributed by atoms with E-state index in [4.69, 9.17) is 10.00 Å². The van der Waals surface area contributed by atoms with E-state index in [2.05, 4.69) is 45.2 Å². The zero-order chi connectivity index (χ0) is 25.9. The Morgan fingerprint density at radius 2 is 1.81 bits per heavy atom. The molecule has 2 aromatic heterocycles. The topological polar surface area (TPSA) is 90.9 Å². The Hall–Kier alpha value is -3.61. The summed E-state index contributed by atoms with van der Waals surface area (Å²) in [7, 11) is 0. The molecule has 9 heteroatoms. The van der Waals surface area contributed by atoms with E-state index in [9.17, 15) is 4.79 Å². The van der Waals surface area contributed by atoms with E-state index in [1.807, 2.05) is 42.5 Å². The molecule has 0 bridgehead atoms. The number of anilines is 1. The van der Waals surface area contributed by atoms with Crippen LogP contribution >= 0.6 is 22.7 Å². The number of azo groups is 1. The van der Waals surface area contributed by atoms with Gasteiger partial charge in [0.2, 0.25) is 5.13 Å². The Balaban J connectivity index is 1.16. The highest BCUT2D eigenvalue weighted by Gasteiger charge is 2.08. The number of carbonyl (C=O) groups excluding carboxylic acids is 1. The maximum Gasteiger partial charge on any atom is 0.231 e. The van der Waals surface area contributed by atoms with Crippen molar-refractivity contribution in [1.82, 2.24) is 4.98 Å². The lowest BCUT2D eigenvalue weighted by atomic mass is 10.1. The van der Waals surface area contributed by atoms with Crippen molar-refractivity contribution in [2.75, 3.05) is 24.6 Å². The molecule has 2 heterocycles. The third kappa shape index (κ3) is 7.68. The molecule has 190 valence electrons. The third-order valence-electron chi connectivity index (χ3n) is 5.86. The number of benzene rings is 2. The minimum absolute atomic E-state index is 0.433. The fourth-order valence-corrected chi connectivity index (χ4v) is 5.74. The van der Waals surface area contributed by atoms with Crippen molar-refractivity contribution < 1.29 is 9.53 Å². The SMILES string of the molecule is CCN(CCCCCCOc1ccc(CC#N)cc1)c1ccc(N=Nc2nc3sc(C=O)cc3s2)cc1. The first-order chi connectivity index (χ1) is 18.2. The summed E-state index contributed by atoms with van der Waals surface area (Å²) in [6.07, 6.45) is 5.73. The summed E-state index contributed by atoms with van der Waals surface area (Å²) in [6, 6.07) is 19.9. The fraction of sp³-hybridized carbons (Fsp3) is 0.321. The van der Waals surface area contributed by atoms with Crippen LogP contribution in [-0.4, -0.2) is 31.0 Å². The Labute approximate surface area is 225 Å². The molecule has 4 aromatic rings. The van der Waals surface area contributed by atoms with E-state index < -0.39 is 0 Å². The Morgan fingerprint density at radius 1 is 1.03 bits per heavy atom. The number of ether oxygens (including phenoxy) is 1. The molecule has 7 nitrogen and oxygen atoms in total. The highest BCUT2D eigenvalue weighted by atomic mass is 32.1. The lowest BCUT2D eigenvalue weighted by Crippen LogP contribution is -2.23. The molecule has 0 saturated heterocycles. The summed E-state index contributed by atoms with van der Waals surface area (Å²) in [5.74, 6) is 0.862. The molecular formula is C28H29N5O2S2. The Bertz CT molecular complexity index is 1320. The fourth-order valence-electron chi connectivity index (χ4n) is 3.89. The number of nitrogens with zero attached hydrogens (tertiary/aromatic N) is 5. The second-order valence-electron chi connectivity index (χ2n) is 8.47. The number of hydrogen-bond acceptors (Lipinski definition) is 9. The van der Waals surface area contributed by atoms with Crippen LogP contribution in [0.15, 0.2) is 64.8 Å². The maximum absolute atomic E-state index is 10.9. The predicted octanol–water partition coefficient (Wildman–Crippen LogP) is 8.12. The number of thiophene rings is 1. The van der Waals surface area contributed by atoms with Crippen LogP contribution in [0.1, 0.15) is 47.8 Å². The smallest absolute Gasteiger partial charge is 0.231 e. The molecule has 0 saturated carbocycles. The third-order valence-corrected chi connectivity index (χ3v) is 7.83. The number of rotatable bonds is 14. The molecule has 0 aliphatic carbocycles. The summed E-state index contributed by atoms with van der Waals surface area (Å²) in [4.78, 5) is 19.2. The van der Waals surface area contributed by atoms with Gasteiger partial charge < -0.3 is 9.64 Å². The molecule has 0 atom stereocenters. The highest BCUT2D eigenvalue weighted by molar-refractivity contribution is 7.29. The summed E-state index contributed by atoms with van der Waals surface area (Å²) in [5, 5.41) is 17.9. The molecule has 0 aliphatic rings. The number of aldehydes is 1. The summed E-state index contributed by atoms with van der Waals surface area (Å²) >= 11 is 2.80. The van der Waals surface area contributed by atoms with Crippen LogP contribution < -0.4 is 9.64 Å². The average molecular weight is 532 g/mol. The number of unbranched alkanes of at least 4 members (excludes halogenated alkanes) is 3. The molecule has 0 radical (unpaired) electrons. The molecule has 4 rings (SSSR count). The summed E-state index contributed by atoms with van der Waals surface area (Å²) in [5.41, 5.74) is 2.98. The van der Waals surface area contributed by atoms with Gasteiger partial charge in [0.15, 0.2) is 6.29 Å². The number of carbonyl (C=O) groups is 1. The monoisotopic (exact) mass is 531 g/mol. The van der Waals surface area contributed by atoms with E-state index in [1.54, 1.807) is 0 Å². The van der Waals surface area contributed by atoms with Crippen molar-refractivity contribution in [1.29, 1.82) is 5.26 Å². The molecule has 0 fully saturated rings. The number of thiazole rings is 1. The van der Waals surface area contributed by atoms with Crippen LogP contribution in [0.25, 0.3) is 9.53 Å². The van der Waals surface area contributed by atoms with Crippen molar-refractivity contribution in [2.24, 2.45) is 10.2 Å². The van der Waals surface area contributed by atoms with E-state index in [0.717, 1.165) is 71.6 Å². The van der Waals surface area contributed by atoms with Gasteiger partial charge >= 0.3 is 0 Å².